The van der Waals surface area contributed by atoms with Crippen LogP contribution in [0.25, 0.3) is 0 Å². The van der Waals surface area contributed by atoms with Crippen LogP contribution in [0.1, 0.15) is 36.8 Å². The molecule has 162 valence electrons. The van der Waals surface area contributed by atoms with Crippen molar-refractivity contribution in [2.24, 2.45) is 0 Å². The van der Waals surface area contributed by atoms with Gasteiger partial charge in [-0.25, -0.2) is 12.8 Å². The molecular weight excluding hydrogens is 471 g/mol. The second-order valence-corrected chi connectivity index (χ2v) is 10.2. The molecule has 2 aromatic rings. The normalized spacial score (nSPS) is 15.1. The molecule has 1 saturated heterocycles. The molecule has 0 bridgehead atoms. The average Bonchev–Trinajstić information content (AvgIpc) is 2.76. The van der Waals surface area contributed by atoms with E-state index >= 15 is 0 Å². The van der Waals surface area contributed by atoms with Gasteiger partial charge >= 0.3 is 0 Å². The molecule has 1 N–H and O–H groups in total. The standard InChI is InChI=1S/C22H26BrFN2O3S/c23-20-16-18(6-10-21(20)24)12-13-25-22(27)11-7-17-4-8-19(9-5-17)30(28,29)26-14-2-1-3-15-26/h4-6,8-10,16H,1-3,7,11-15H2,(H,25,27). The predicted molar refractivity (Wildman–Crippen MR) is 118 cm³/mol. The first-order chi connectivity index (χ1) is 14.4. The third-order valence-corrected chi connectivity index (χ3v) is 7.76. The van der Waals surface area contributed by atoms with E-state index in [-0.39, 0.29) is 11.7 Å². The molecular formula is C22H26BrFN2O3S. The highest BCUT2D eigenvalue weighted by molar-refractivity contribution is 9.10. The lowest BCUT2D eigenvalue weighted by Crippen LogP contribution is -2.35. The number of sulfonamides is 1. The van der Waals surface area contributed by atoms with Gasteiger partial charge < -0.3 is 5.32 Å². The van der Waals surface area contributed by atoms with Crippen LogP contribution in [-0.4, -0.2) is 38.3 Å². The van der Waals surface area contributed by atoms with Crippen molar-refractivity contribution in [1.29, 1.82) is 0 Å². The van der Waals surface area contributed by atoms with E-state index in [2.05, 4.69) is 21.2 Å². The molecule has 0 saturated carbocycles. The van der Waals surface area contributed by atoms with Crippen molar-refractivity contribution in [3.63, 3.8) is 0 Å². The maximum absolute atomic E-state index is 13.2. The Balaban J connectivity index is 1.45. The zero-order chi connectivity index (χ0) is 21.6. The van der Waals surface area contributed by atoms with Gasteiger partial charge in [0.05, 0.1) is 9.37 Å². The highest BCUT2D eigenvalue weighted by Gasteiger charge is 2.25. The van der Waals surface area contributed by atoms with Crippen molar-refractivity contribution in [2.75, 3.05) is 19.6 Å². The maximum Gasteiger partial charge on any atom is 0.243 e. The smallest absolute Gasteiger partial charge is 0.243 e. The van der Waals surface area contributed by atoms with Gasteiger partial charge in [0.15, 0.2) is 0 Å². The van der Waals surface area contributed by atoms with Crippen LogP contribution in [-0.2, 0) is 27.7 Å². The quantitative estimate of drug-likeness (QED) is 0.599. The zero-order valence-electron chi connectivity index (χ0n) is 16.7. The summed E-state index contributed by atoms with van der Waals surface area (Å²) >= 11 is 3.15. The van der Waals surface area contributed by atoms with Crippen molar-refractivity contribution in [1.82, 2.24) is 9.62 Å². The average molecular weight is 497 g/mol. The van der Waals surface area contributed by atoms with Gasteiger partial charge in [-0.05, 0) is 77.0 Å². The number of hydrogen-bond donors (Lipinski definition) is 1. The maximum atomic E-state index is 13.2. The molecule has 0 aromatic heterocycles. The topological polar surface area (TPSA) is 66.5 Å². The highest BCUT2D eigenvalue weighted by Crippen LogP contribution is 2.21. The number of piperidine rings is 1. The molecule has 1 aliphatic rings. The van der Waals surface area contributed by atoms with Crippen molar-refractivity contribution in [3.05, 3.63) is 63.9 Å². The fourth-order valence-corrected chi connectivity index (χ4v) is 5.41. The van der Waals surface area contributed by atoms with Gasteiger partial charge in [0.1, 0.15) is 5.82 Å². The van der Waals surface area contributed by atoms with E-state index in [1.54, 1.807) is 40.7 Å². The number of carbonyl (C=O) groups excluding carboxylic acids is 1. The van der Waals surface area contributed by atoms with E-state index in [4.69, 9.17) is 0 Å². The molecule has 3 rings (SSSR count). The van der Waals surface area contributed by atoms with Gasteiger partial charge in [0, 0.05) is 26.1 Å². The second kappa shape index (κ2) is 10.5. The number of nitrogens with one attached hydrogen (secondary N) is 1. The van der Waals surface area contributed by atoms with Gasteiger partial charge in [0.25, 0.3) is 0 Å². The molecule has 30 heavy (non-hydrogen) atoms. The van der Waals surface area contributed by atoms with Gasteiger partial charge in [-0.3, -0.25) is 4.79 Å². The summed E-state index contributed by atoms with van der Waals surface area (Å²) < 4.78 is 40.6. The summed E-state index contributed by atoms with van der Waals surface area (Å²) in [5, 5.41) is 2.86. The minimum atomic E-state index is -3.43. The fourth-order valence-electron chi connectivity index (χ4n) is 3.47. The molecule has 0 aliphatic carbocycles. The monoisotopic (exact) mass is 496 g/mol. The third-order valence-electron chi connectivity index (χ3n) is 5.24. The molecule has 1 aliphatic heterocycles. The van der Waals surface area contributed by atoms with E-state index in [1.807, 2.05) is 0 Å². The Morgan fingerprint density at radius 3 is 2.33 bits per heavy atom. The summed E-state index contributed by atoms with van der Waals surface area (Å²) in [4.78, 5) is 12.4. The molecule has 1 amide bonds. The largest absolute Gasteiger partial charge is 0.356 e. The summed E-state index contributed by atoms with van der Waals surface area (Å²) in [6.45, 7) is 1.64. The van der Waals surface area contributed by atoms with Crippen molar-refractivity contribution in [3.8, 4) is 0 Å². The minimum Gasteiger partial charge on any atom is -0.356 e. The molecule has 0 unspecified atom stereocenters. The van der Waals surface area contributed by atoms with Crippen molar-refractivity contribution < 1.29 is 17.6 Å². The molecule has 0 radical (unpaired) electrons. The molecule has 1 fully saturated rings. The van der Waals surface area contributed by atoms with Crippen LogP contribution in [0, 0.1) is 5.82 Å². The molecule has 1 heterocycles. The number of rotatable bonds is 8. The van der Waals surface area contributed by atoms with Crippen LogP contribution >= 0.6 is 15.9 Å². The van der Waals surface area contributed by atoms with E-state index in [9.17, 15) is 17.6 Å². The Bertz CT molecular complexity index is 974. The highest BCUT2D eigenvalue weighted by atomic mass is 79.9. The SMILES string of the molecule is O=C(CCc1ccc(S(=O)(=O)N2CCCCC2)cc1)NCCc1ccc(F)c(Br)c1. The van der Waals surface area contributed by atoms with Crippen molar-refractivity contribution >= 4 is 31.9 Å². The van der Waals surface area contributed by atoms with Crippen LogP contribution < -0.4 is 5.32 Å². The van der Waals surface area contributed by atoms with E-state index in [0.717, 1.165) is 30.4 Å². The summed E-state index contributed by atoms with van der Waals surface area (Å²) in [5.74, 6) is -0.376. The Kier molecular flexibility index (Phi) is 8.02. The lowest BCUT2D eigenvalue weighted by Gasteiger charge is -2.25. The van der Waals surface area contributed by atoms with E-state index in [0.29, 0.717) is 48.3 Å². The Morgan fingerprint density at radius 2 is 1.67 bits per heavy atom. The predicted octanol–water partition coefficient (Wildman–Crippen LogP) is 4.05. The first-order valence-electron chi connectivity index (χ1n) is 10.2. The van der Waals surface area contributed by atoms with Crippen LogP contribution in [0.5, 0.6) is 0 Å². The molecule has 2 aromatic carbocycles. The molecule has 8 heteroatoms. The van der Waals surface area contributed by atoms with Crippen LogP contribution in [0.3, 0.4) is 0 Å². The lowest BCUT2D eigenvalue weighted by molar-refractivity contribution is -0.121. The Hall–Kier alpha value is -1.77. The van der Waals surface area contributed by atoms with E-state index in [1.165, 1.54) is 6.07 Å². The molecule has 0 atom stereocenters. The first kappa shape index (κ1) is 22.9. The minimum absolute atomic E-state index is 0.0683. The second-order valence-electron chi connectivity index (χ2n) is 7.46. The van der Waals surface area contributed by atoms with E-state index < -0.39 is 10.0 Å². The number of benzene rings is 2. The van der Waals surface area contributed by atoms with Gasteiger partial charge in [-0.1, -0.05) is 24.6 Å². The summed E-state index contributed by atoms with van der Waals surface area (Å²) in [5.41, 5.74) is 1.86. The summed E-state index contributed by atoms with van der Waals surface area (Å²) in [7, 11) is -3.43. The van der Waals surface area contributed by atoms with Crippen LogP contribution in [0.4, 0.5) is 4.39 Å². The van der Waals surface area contributed by atoms with Crippen molar-refractivity contribution in [2.45, 2.75) is 43.4 Å². The first-order valence-corrected chi connectivity index (χ1v) is 12.4. The number of hydrogen-bond acceptors (Lipinski definition) is 3. The van der Waals surface area contributed by atoms with Gasteiger partial charge in [-0.2, -0.15) is 4.31 Å². The van der Waals surface area contributed by atoms with Gasteiger partial charge in [0.2, 0.25) is 15.9 Å². The number of amides is 1. The van der Waals surface area contributed by atoms with Crippen LogP contribution in [0.2, 0.25) is 0 Å². The zero-order valence-corrected chi connectivity index (χ0v) is 19.1. The Labute approximate surface area is 185 Å². The summed E-state index contributed by atoms with van der Waals surface area (Å²) in [6.07, 6.45) is 4.38. The lowest BCUT2D eigenvalue weighted by atomic mass is 10.1. The Morgan fingerprint density at radius 1 is 1.00 bits per heavy atom. The fraction of sp³-hybridized carbons (Fsp3) is 0.409. The third kappa shape index (κ3) is 6.12. The number of aryl methyl sites for hydroxylation is 1. The summed E-state index contributed by atoms with van der Waals surface area (Å²) in [6, 6.07) is 11.6. The number of nitrogens with zero attached hydrogens (tertiary/aromatic N) is 1. The molecule has 5 nitrogen and oxygen atoms in total. The number of halogens is 2. The number of carbonyl (C=O) groups is 1. The van der Waals surface area contributed by atoms with Gasteiger partial charge in [-0.15, -0.1) is 0 Å². The molecule has 0 spiro atoms. The van der Waals surface area contributed by atoms with Crippen LogP contribution in [0.15, 0.2) is 51.8 Å².